The van der Waals surface area contributed by atoms with E-state index < -0.39 is 11.5 Å². The van der Waals surface area contributed by atoms with Crippen LogP contribution in [0.15, 0.2) is 0 Å². The van der Waals surface area contributed by atoms with Gasteiger partial charge in [-0.2, -0.15) is 0 Å². The summed E-state index contributed by atoms with van der Waals surface area (Å²) in [5, 5.41) is 0. The Labute approximate surface area is 60.3 Å². The van der Waals surface area contributed by atoms with Crippen molar-refractivity contribution in [3.63, 3.8) is 0 Å². The molecule has 0 aromatic heterocycles. The Morgan fingerprint density at radius 2 is 1.50 bits per heavy atom. The van der Waals surface area contributed by atoms with Crippen molar-refractivity contribution >= 4 is 38.2 Å². The van der Waals surface area contributed by atoms with Gasteiger partial charge in [0.1, 0.15) is 0 Å². The van der Waals surface area contributed by atoms with Crippen molar-refractivity contribution in [2.24, 2.45) is 0 Å². The van der Waals surface area contributed by atoms with Gasteiger partial charge in [0.2, 0.25) is 0 Å². The molecule has 0 aliphatic heterocycles. The molecular weight excluding hydrogens is 421 g/mol. The maximum atomic E-state index is 7.50. The zero-order chi connectivity index (χ0) is 5.58. The zero-order valence-corrected chi connectivity index (χ0v) is 8.30. The van der Waals surface area contributed by atoms with Crippen LogP contribution in [-0.4, -0.2) is 0 Å². The van der Waals surface area contributed by atoms with Crippen LogP contribution in [0.2, 0.25) is 0 Å². The van der Waals surface area contributed by atoms with Gasteiger partial charge >= 0.3 is 61.0 Å². The quantitative estimate of drug-likeness (QED) is 0.325. The monoisotopic (exact) mass is 420 g/mol. The van der Waals surface area contributed by atoms with Gasteiger partial charge in [0.25, 0.3) is 0 Å². The van der Waals surface area contributed by atoms with Gasteiger partial charge in [0, 0.05) is 0 Å². The van der Waals surface area contributed by atoms with Crippen LogP contribution >= 0.6 is 38.2 Å². The molecule has 0 saturated carbocycles. The second kappa shape index (κ2) is 9.88. The Kier molecular flexibility index (Phi) is 17.6. The molecule has 1 nitrogen and oxygen atoms in total. The van der Waals surface area contributed by atoms with E-state index in [1.807, 2.05) is 19.4 Å². The van der Waals surface area contributed by atoms with Crippen molar-refractivity contribution in [2.75, 3.05) is 0 Å². The fraction of sp³-hybridized carbons (Fsp3) is 0. The van der Waals surface area contributed by atoms with E-state index in [9.17, 15) is 0 Å². The molecule has 5 heteroatoms. The molecule has 0 saturated heterocycles. The van der Waals surface area contributed by atoms with Gasteiger partial charge in [-0.05, 0) is 0 Å². The molecule has 0 aromatic rings. The molecule has 0 atom stereocenters. The maximum absolute atomic E-state index is 7.50. The van der Waals surface area contributed by atoms with Crippen LogP contribution in [0.3, 0.4) is 0 Å². The third kappa shape index (κ3) is 42.6. The summed E-state index contributed by atoms with van der Waals surface area (Å²) in [7, 11) is 10.4. The molecular formula is CCl2IOPt. The standard InChI is InChI=1S/CO.2ClH.HI.Pt/c1-2;;;;/h;3*1H;/q;;;;+3/p-3. The second-order valence-corrected chi connectivity index (χ2v) is 18.2. The first-order valence-corrected chi connectivity index (χ1v) is 12.6. The van der Waals surface area contributed by atoms with Crippen molar-refractivity contribution in [3.8, 4) is 0 Å². The van der Waals surface area contributed by atoms with Crippen LogP contribution < -0.4 is 0 Å². The summed E-state index contributed by atoms with van der Waals surface area (Å²) in [6, 6.07) is 0. The van der Waals surface area contributed by atoms with E-state index in [0.717, 1.165) is 0 Å². The molecule has 0 fully saturated rings. The molecule has 0 radical (unpaired) electrons. The third-order valence-corrected chi connectivity index (χ3v) is 0. The number of hydrogen-bond acceptors (Lipinski definition) is 0. The zero-order valence-electron chi connectivity index (χ0n) is 2.36. The Bertz CT molecular complexity index is 35.0. The van der Waals surface area contributed by atoms with E-state index in [4.69, 9.17) is 23.5 Å². The van der Waals surface area contributed by atoms with Gasteiger partial charge in [0.15, 0.2) is 0 Å². The first kappa shape index (κ1) is 10.7. The van der Waals surface area contributed by atoms with Gasteiger partial charge in [0.05, 0.1) is 0 Å². The van der Waals surface area contributed by atoms with Crippen molar-refractivity contribution in [2.45, 2.75) is 0 Å². The number of hydrogen-bond donors (Lipinski definition) is 0. The summed E-state index contributed by atoms with van der Waals surface area (Å²) in [5.41, 5.74) is 0. The van der Waals surface area contributed by atoms with Crippen LogP contribution in [-0.2, 0) is 16.2 Å². The second-order valence-electron chi connectivity index (χ2n) is 0.136. The first-order chi connectivity index (χ1) is 2.73. The van der Waals surface area contributed by atoms with Gasteiger partial charge in [-0.3, -0.25) is 0 Å². The van der Waals surface area contributed by atoms with E-state index in [2.05, 4.69) is 6.65 Å². The number of halogens is 3. The van der Waals surface area contributed by atoms with E-state index in [1.54, 1.807) is 0 Å². The summed E-state index contributed by atoms with van der Waals surface area (Å²) in [4.78, 5) is 0. The van der Waals surface area contributed by atoms with E-state index >= 15 is 0 Å². The molecule has 0 aliphatic carbocycles. The summed E-state index contributed by atoms with van der Waals surface area (Å²) < 4.78 is 7.50. The molecule has 0 N–H and O–H groups in total. The van der Waals surface area contributed by atoms with E-state index in [-0.39, 0.29) is 0 Å². The van der Waals surface area contributed by atoms with Gasteiger partial charge in [-0.1, -0.05) is 0 Å². The molecule has 0 aromatic carbocycles. The third-order valence-electron chi connectivity index (χ3n) is 0. The minimum atomic E-state index is -1.35. The topological polar surface area (TPSA) is 19.9 Å². The Balaban J connectivity index is 0. The van der Waals surface area contributed by atoms with E-state index in [1.165, 1.54) is 0 Å². The Morgan fingerprint density at radius 3 is 1.50 bits per heavy atom. The van der Waals surface area contributed by atoms with Gasteiger partial charge < -0.3 is 0 Å². The summed E-state index contributed by atoms with van der Waals surface area (Å²) in [6.07, 6.45) is 0. The van der Waals surface area contributed by atoms with Gasteiger partial charge in [-0.25, -0.2) is 0 Å². The fourth-order valence-electron chi connectivity index (χ4n) is 0. The molecule has 0 aliphatic rings. The van der Waals surface area contributed by atoms with Crippen LogP contribution in [0.5, 0.6) is 0 Å². The molecule has 0 unspecified atom stereocenters. The van der Waals surface area contributed by atoms with Crippen LogP contribution in [0.25, 0.3) is 0 Å². The predicted molar refractivity (Wildman–Crippen MR) is 29.7 cm³/mol. The van der Waals surface area contributed by atoms with Crippen LogP contribution in [0, 0.1) is 6.65 Å². The van der Waals surface area contributed by atoms with Gasteiger partial charge in [-0.15, -0.1) is 0 Å². The molecule has 0 rings (SSSR count). The molecule has 0 spiro atoms. The summed E-state index contributed by atoms with van der Waals surface area (Å²) >= 11 is 0.678. The average molecular weight is 421 g/mol. The minimum absolute atomic E-state index is 1.35. The van der Waals surface area contributed by atoms with Crippen molar-refractivity contribution < 1.29 is 16.2 Å². The molecule has 0 bridgehead atoms. The van der Waals surface area contributed by atoms with Crippen LogP contribution in [0.4, 0.5) is 0 Å². The van der Waals surface area contributed by atoms with Crippen LogP contribution in [0.1, 0.15) is 0 Å². The summed E-state index contributed by atoms with van der Waals surface area (Å²) in [5.74, 6) is 0. The average Bonchev–Trinajstić information content (AvgIpc) is 1.41. The fourth-order valence-corrected chi connectivity index (χ4v) is 0. The SMILES string of the molecule is [C-]#[O+].[Cl][Pt]([Cl])[I]. The van der Waals surface area contributed by atoms with Crippen molar-refractivity contribution in [3.05, 3.63) is 6.65 Å². The van der Waals surface area contributed by atoms with E-state index in [0.29, 0.717) is 0 Å². The number of rotatable bonds is 0. The first-order valence-electron chi connectivity index (χ1n) is 0.563. The van der Waals surface area contributed by atoms with Crippen molar-refractivity contribution in [1.29, 1.82) is 0 Å². The molecule has 0 heterocycles. The molecule has 6 heavy (non-hydrogen) atoms. The summed E-state index contributed by atoms with van der Waals surface area (Å²) in [6.45, 7) is 4.50. The Morgan fingerprint density at radius 1 is 1.50 bits per heavy atom. The van der Waals surface area contributed by atoms with Crippen molar-refractivity contribution in [1.82, 2.24) is 0 Å². The Hall–Kier alpha value is 1.74. The normalized spacial score (nSPS) is 7.83. The molecule has 41 valence electrons. The molecule has 0 amide bonds. The predicted octanol–water partition coefficient (Wildman–Crippen LogP) is 2.22.